The molecule has 0 bridgehead atoms. The maximum absolute atomic E-state index is 14.4. The number of nitrogens with two attached hydrogens (primary N) is 1. The van der Waals surface area contributed by atoms with E-state index in [0.717, 1.165) is 6.29 Å². The van der Waals surface area contributed by atoms with Crippen molar-refractivity contribution in [1.29, 1.82) is 0 Å². The molecule has 38 heavy (non-hydrogen) atoms. The SMILES string of the molecule is CC1(c2cccc(C=O)c2)C(=O)Nc2nc(-c3nn(Cc4ccccc4F)c4cc(Cl)ccc34)nc(N)c21. The third-order valence-corrected chi connectivity index (χ3v) is 7.16. The van der Waals surface area contributed by atoms with E-state index >= 15 is 0 Å². The van der Waals surface area contributed by atoms with Gasteiger partial charge in [0.25, 0.3) is 0 Å². The second-order valence-corrected chi connectivity index (χ2v) is 9.67. The minimum absolute atomic E-state index is 0.105. The molecule has 2 aromatic heterocycles. The molecule has 0 spiro atoms. The number of rotatable bonds is 5. The lowest BCUT2D eigenvalue weighted by Gasteiger charge is -2.23. The smallest absolute Gasteiger partial charge is 0.240 e. The largest absolute Gasteiger partial charge is 0.383 e. The standard InChI is InChI=1S/C28H20ClFN6O2/c1-28(17-7-4-5-15(11-17)14-37)22-24(31)32-26(33-25(22)34-27(28)38)23-19-10-9-18(29)12-21(19)36(35-23)13-16-6-2-3-8-20(16)30/h2-12,14H,13H2,1H3,(H3,31,32,33,34,38). The highest BCUT2D eigenvalue weighted by atomic mass is 35.5. The Balaban J connectivity index is 1.50. The monoisotopic (exact) mass is 526 g/mol. The zero-order valence-electron chi connectivity index (χ0n) is 20.1. The fourth-order valence-corrected chi connectivity index (χ4v) is 5.10. The number of aldehydes is 1. The number of nitrogens with zero attached hydrogens (tertiary/aromatic N) is 4. The summed E-state index contributed by atoms with van der Waals surface area (Å²) in [6.45, 7) is 1.88. The van der Waals surface area contributed by atoms with Crippen LogP contribution >= 0.6 is 11.6 Å². The molecule has 1 aliphatic rings. The Kier molecular flexibility index (Phi) is 5.46. The van der Waals surface area contributed by atoms with E-state index in [0.29, 0.717) is 43.9 Å². The van der Waals surface area contributed by atoms with Gasteiger partial charge in [-0.05, 0) is 42.8 Å². The molecule has 1 atom stereocenters. The van der Waals surface area contributed by atoms with Gasteiger partial charge in [0.1, 0.15) is 34.8 Å². The number of hydrogen-bond donors (Lipinski definition) is 2. The first-order valence-corrected chi connectivity index (χ1v) is 12.1. The second-order valence-electron chi connectivity index (χ2n) is 9.24. The number of hydrogen-bond acceptors (Lipinski definition) is 6. The number of fused-ring (bicyclic) bond motifs is 2. The summed E-state index contributed by atoms with van der Waals surface area (Å²) in [5.41, 5.74) is 8.24. The molecule has 0 radical (unpaired) electrons. The van der Waals surface area contributed by atoms with Crippen molar-refractivity contribution >= 4 is 46.3 Å². The van der Waals surface area contributed by atoms with Gasteiger partial charge in [0.2, 0.25) is 5.91 Å². The third kappa shape index (κ3) is 3.62. The van der Waals surface area contributed by atoms with Gasteiger partial charge in [-0.25, -0.2) is 14.4 Å². The summed E-state index contributed by atoms with van der Waals surface area (Å²) >= 11 is 6.27. The van der Waals surface area contributed by atoms with Gasteiger partial charge in [0.05, 0.1) is 17.6 Å². The van der Waals surface area contributed by atoms with Crippen LogP contribution in [0.3, 0.4) is 0 Å². The number of aromatic nitrogens is 4. The maximum Gasteiger partial charge on any atom is 0.240 e. The van der Waals surface area contributed by atoms with Crippen LogP contribution in [0.25, 0.3) is 22.4 Å². The number of benzene rings is 3. The number of amides is 1. The van der Waals surface area contributed by atoms with Crippen molar-refractivity contribution in [2.75, 3.05) is 11.1 Å². The first-order chi connectivity index (χ1) is 18.3. The minimum atomic E-state index is -1.20. The number of halogens is 2. The lowest BCUT2D eigenvalue weighted by Crippen LogP contribution is -2.33. The molecule has 0 fully saturated rings. The molecule has 6 rings (SSSR count). The molecule has 3 N–H and O–H groups in total. The third-order valence-electron chi connectivity index (χ3n) is 6.93. The maximum atomic E-state index is 14.4. The Morgan fingerprint density at radius 2 is 1.92 bits per heavy atom. The van der Waals surface area contributed by atoms with Crippen LogP contribution in [0.15, 0.2) is 66.7 Å². The van der Waals surface area contributed by atoms with Crippen molar-refractivity contribution in [2.24, 2.45) is 0 Å². The van der Waals surface area contributed by atoms with Crippen LogP contribution in [0.4, 0.5) is 16.0 Å². The van der Waals surface area contributed by atoms with Crippen molar-refractivity contribution in [2.45, 2.75) is 18.9 Å². The highest BCUT2D eigenvalue weighted by Crippen LogP contribution is 2.45. The number of nitrogen functional groups attached to an aromatic ring is 1. The van der Waals surface area contributed by atoms with Crippen LogP contribution < -0.4 is 11.1 Å². The highest BCUT2D eigenvalue weighted by Gasteiger charge is 2.47. The molecule has 1 unspecified atom stereocenters. The van der Waals surface area contributed by atoms with Crippen LogP contribution in [0.2, 0.25) is 5.02 Å². The molecule has 0 saturated heterocycles. The molecular formula is C28H20ClFN6O2. The first kappa shape index (κ1) is 23.7. The fourth-order valence-electron chi connectivity index (χ4n) is 4.93. The van der Waals surface area contributed by atoms with Crippen molar-refractivity contribution in [3.63, 3.8) is 0 Å². The van der Waals surface area contributed by atoms with Crippen LogP contribution in [0.5, 0.6) is 0 Å². The summed E-state index contributed by atoms with van der Waals surface area (Å²) in [4.78, 5) is 33.8. The Hall–Kier alpha value is -4.63. The second kappa shape index (κ2) is 8.74. The van der Waals surface area contributed by atoms with E-state index in [1.165, 1.54) is 6.07 Å². The molecule has 5 aromatic rings. The molecule has 8 nitrogen and oxygen atoms in total. The Morgan fingerprint density at radius 1 is 1.11 bits per heavy atom. The summed E-state index contributed by atoms with van der Waals surface area (Å²) in [5, 5.41) is 8.71. The zero-order chi connectivity index (χ0) is 26.6. The van der Waals surface area contributed by atoms with Gasteiger partial charge in [-0.15, -0.1) is 0 Å². The summed E-state index contributed by atoms with van der Waals surface area (Å²) in [6, 6.07) is 18.5. The summed E-state index contributed by atoms with van der Waals surface area (Å²) in [5.74, 6) is -0.115. The lowest BCUT2D eigenvalue weighted by atomic mass is 9.77. The predicted molar refractivity (Wildman–Crippen MR) is 143 cm³/mol. The number of carbonyl (C=O) groups excluding carboxylic acids is 2. The average molecular weight is 527 g/mol. The molecule has 1 amide bonds. The molecular weight excluding hydrogens is 507 g/mol. The first-order valence-electron chi connectivity index (χ1n) is 11.7. The van der Waals surface area contributed by atoms with Crippen LogP contribution in [0.1, 0.15) is 34.0 Å². The molecule has 188 valence electrons. The Labute approximate surface area is 221 Å². The number of carbonyl (C=O) groups is 2. The number of nitrogens with one attached hydrogen (secondary N) is 1. The van der Waals surface area contributed by atoms with Gasteiger partial charge >= 0.3 is 0 Å². The number of anilines is 2. The normalized spacial score (nSPS) is 16.4. The van der Waals surface area contributed by atoms with E-state index in [4.69, 9.17) is 22.4 Å². The summed E-state index contributed by atoms with van der Waals surface area (Å²) in [7, 11) is 0. The van der Waals surface area contributed by atoms with Crippen molar-refractivity contribution in [3.8, 4) is 11.5 Å². The Bertz CT molecular complexity index is 1790. The highest BCUT2D eigenvalue weighted by molar-refractivity contribution is 6.31. The van der Waals surface area contributed by atoms with E-state index in [1.54, 1.807) is 72.3 Å². The average Bonchev–Trinajstić information content (AvgIpc) is 3.39. The van der Waals surface area contributed by atoms with Gasteiger partial charge in [0.15, 0.2) is 5.82 Å². The van der Waals surface area contributed by atoms with Gasteiger partial charge in [-0.1, -0.05) is 48.0 Å². The predicted octanol–water partition coefficient (Wildman–Crippen LogP) is 4.99. The molecule has 10 heteroatoms. The van der Waals surface area contributed by atoms with E-state index < -0.39 is 5.41 Å². The van der Waals surface area contributed by atoms with E-state index in [9.17, 15) is 14.0 Å². The van der Waals surface area contributed by atoms with E-state index in [1.807, 2.05) is 0 Å². The molecule has 3 aromatic carbocycles. The summed E-state index contributed by atoms with van der Waals surface area (Å²) < 4.78 is 16.1. The zero-order valence-corrected chi connectivity index (χ0v) is 20.8. The van der Waals surface area contributed by atoms with Crippen molar-refractivity contribution < 1.29 is 14.0 Å². The Morgan fingerprint density at radius 3 is 2.71 bits per heavy atom. The summed E-state index contributed by atoms with van der Waals surface area (Å²) in [6.07, 6.45) is 0.721. The van der Waals surface area contributed by atoms with Gasteiger partial charge in [-0.3, -0.25) is 14.3 Å². The molecule has 0 aliphatic carbocycles. The minimum Gasteiger partial charge on any atom is -0.383 e. The van der Waals surface area contributed by atoms with E-state index in [-0.39, 0.29) is 35.7 Å². The van der Waals surface area contributed by atoms with Crippen LogP contribution in [0, 0.1) is 5.82 Å². The molecule has 3 heterocycles. The molecule has 0 saturated carbocycles. The van der Waals surface area contributed by atoms with Gasteiger partial charge in [0, 0.05) is 21.5 Å². The quantitative estimate of drug-likeness (QED) is 0.312. The van der Waals surface area contributed by atoms with Crippen molar-refractivity contribution in [3.05, 3.63) is 99.8 Å². The van der Waals surface area contributed by atoms with Gasteiger partial charge in [-0.2, -0.15) is 5.10 Å². The van der Waals surface area contributed by atoms with Crippen LogP contribution in [-0.2, 0) is 16.8 Å². The topological polar surface area (TPSA) is 116 Å². The lowest BCUT2D eigenvalue weighted by molar-refractivity contribution is -0.119. The molecule has 1 aliphatic heterocycles. The van der Waals surface area contributed by atoms with Gasteiger partial charge < -0.3 is 11.1 Å². The van der Waals surface area contributed by atoms with Crippen LogP contribution in [-0.4, -0.2) is 31.9 Å². The van der Waals surface area contributed by atoms with Crippen molar-refractivity contribution in [1.82, 2.24) is 19.7 Å². The van der Waals surface area contributed by atoms with E-state index in [2.05, 4.69) is 15.3 Å². The fraction of sp³-hybridized carbons (Fsp3) is 0.107.